The lowest BCUT2D eigenvalue weighted by Gasteiger charge is -2.25. The van der Waals surface area contributed by atoms with Gasteiger partial charge < -0.3 is 20.1 Å². The van der Waals surface area contributed by atoms with E-state index in [4.69, 9.17) is 4.74 Å². The van der Waals surface area contributed by atoms with Gasteiger partial charge in [0.1, 0.15) is 5.75 Å². The molecule has 1 aromatic carbocycles. The number of carbonyl (C=O) groups excluding carboxylic acids is 1. The first-order valence-electron chi connectivity index (χ1n) is 5.45. The quantitative estimate of drug-likeness (QED) is 0.807. The summed E-state index contributed by atoms with van der Waals surface area (Å²) >= 11 is 0. The zero-order valence-electron chi connectivity index (χ0n) is 9.93. The second kappa shape index (κ2) is 4.73. The second-order valence-corrected chi connectivity index (χ2v) is 4.25. The fraction of sp³-hybridized carbons (Fsp3) is 0.417. The number of nitrogens with one attached hydrogen (secondary N) is 1. The number of aliphatic hydroxyl groups excluding tert-OH is 1. The van der Waals surface area contributed by atoms with Crippen LogP contribution in [0.25, 0.3) is 0 Å². The first kappa shape index (κ1) is 11.9. The molecule has 1 atom stereocenters. The molecule has 0 radical (unpaired) electrons. The highest BCUT2D eigenvalue weighted by molar-refractivity contribution is 5.95. The van der Waals surface area contributed by atoms with Crippen molar-refractivity contribution in [1.82, 2.24) is 4.90 Å². The van der Waals surface area contributed by atoms with E-state index >= 15 is 0 Å². The fourth-order valence-electron chi connectivity index (χ4n) is 1.87. The Morgan fingerprint density at radius 1 is 1.53 bits per heavy atom. The molecule has 0 saturated heterocycles. The van der Waals surface area contributed by atoms with Gasteiger partial charge in [-0.1, -0.05) is 6.07 Å². The van der Waals surface area contributed by atoms with Gasteiger partial charge in [-0.05, 0) is 31.8 Å². The normalized spacial score (nSPS) is 16.1. The van der Waals surface area contributed by atoms with E-state index in [1.54, 1.807) is 0 Å². The van der Waals surface area contributed by atoms with E-state index in [0.717, 1.165) is 5.56 Å². The number of carbonyl (C=O) groups is 1. The summed E-state index contributed by atoms with van der Waals surface area (Å²) in [6.45, 7) is 0.0873. The Morgan fingerprint density at radius 3 is 2.94 bits per heavy atom. The number of amides is 1. The lowest BCUT2D eigenvalue weighted by molar-refractivity contribution is -0.118. The van der Waals surface area contributed by atoms with Gasteiger partial charge in [0.15, 0.2) is 6.61 Å². The van der Waals surface area contributed by atoms with Gasteiger partial charge in [0.05, 0.1) is 18.3 Å². The summed E-state index contributed by atoms with van der Waals surface area (Å²) in [5, 5.41) is 12.1. The summed E-state index contributed by atoms with van der Waals surface area (Å²) in [7, 11) is 3.80. The third kappa shape index (κ3) is 2.40. The minimum Gasteiger partial charge on any atom is -0.482 e. The highest BCUT2D eigenvalue weighted by Crippen LogP contribution is 2.31. The van der Waals surface area contributed by atoms with Crippen molar-refractivity contribution in [2.24, 2.45) is 0 Å². The first-order valence-corrected chi connectivity index (χ1v) is 5.45. The predicted molar refractivity (Wildman–Crippen MR) is 64.1 cm³/mol. The summed E-state index contributed by atoms with van der Waals surface area (Å²) in [6.07, 6.45) is 0. The maximum Gasteiger partial charge on any atom is 0.262 e. The number of likely N-dealkylation sites (N-methyl/N-ethyl adjacent to an activating group) is 1. The smallest absolute Gasteiger partial charge is 0.262 e. The Kier molecular flexibility index (Phi) is 3.31. The topological polar surface area (TPSA) is 61.8 Å². The Morgan fingerprint density at radius 2 is 2.29 bits per heavy atom. The molecule has 0 aromatic heterocycles. The summed E-state index contributed by atoms with van der Waals surface area (Å²) in [4.78, 5) is 13.1. The molecular formula is C12H16N2O3. The number of nitrogens with zero attached hydrogens (tertiary/aromatic N) is 1. The van der Waals surface area contributed by atoms with E-state index < -0.39 is 0 Å². The van der Waals surface area contributed by atoms with Crippen molar-refractivity contribution in [2.75, 3.05) is 32.6 Å². The van der Waals surface area contributed by atoms with Gasteiger partial charge in [-0.2, -0.15) is 0 Å². The van der Waals surface area contributed by atoms with Crippen LogP contribution in [0.15, 0.2) is 18.2 Å². The van der Waals surface area contributed by atoms with Crippen molar-refractivity contribution >= 4 is 11.6 Å². The number of benzene rings is 1. The average molecular weight is 236 g/mol. The number of anilines is 1. The van der Waals surface area contributed by atoms with Gasteiger partial charge in [0.2, 0.25) is 0 Å². The van der Waals surface area contributed by atoms with Gasteiger partial charge in [-0.3, -0.25) is 4.79 Å². The van der Waals surface area contributed by atoms with Crippen LogP contribution in [0.3, 0.4) is 0 Å². The van der Waals surface area contributed by atoms with Gasteiger partial charge in [0, 0.05) is 0 Å². The van der Waals surface area contributed by atoms with Crippen LogP contribution in [-0.2, 0) is 4.79 Å². The highest BCUT2D eigenvalue weighted by Gasteiger charge is 2.19. The molecule has 1 heterocycles. The first-order chi connectivity index (χ1) is 8.11. The van der Waals surface area contributed by atoms with E-state index in [-0.39, 0.29) is 25.2 Å². The van der Waals surface area contributed by atoms with Crippen LogP contribution in [0.4, 0.5) is 5.69 Å². The largest absolute Gasteiger partial charge is 0.482 e. The average Bonchev–Trinajstić information content (AvgIpc) is 2.29. The van der Waals surface area contributed by atoms with Crippen LogP contribution in [0.2, 0.25) is 0 Å². The van der Waals surface area contributed by atoms with E-state index in [0.29, 0.717) is 11.4 Å². The predicted octanol–water partition coefficient (Wildman–Crippen LogP) is 0.612. The molecular weight excluding hydrogens is 220 g/mol. The number of aliphatic hydroxyl groups is 1. The summed E-state index contributed by atoms with van der Waals surface area (Å²) in [5.74, 6) is 0.517. The molecule has 1 aliphatic rings. The summed E-state index contributed by atoms with van der Waals surface area (Å²) < 4.78 is 5.28. The van der Waals surface area contributed by atoms with Crippen molar-refractivity contribution in [3.05, 3.63) is 23.8 Å². The third-order valence-corrected chi connectivity index (χ3v) is 2.82. The zero-order valence-corrected chi connectivity index (χ0v) is 9.93. The summed E-state index contributed by atoms with van der Waals surface area (Å²) in [5.41, 5.74) is 1.61. The highest BCUT2D eigenvalue weighted by atomic mass is 16.5. The number of hydrogen-bond donors (Lipinski definition) is 2. The monoisotopic (exact) mass is 236 g/mol. The molecule has 92 valence electrons. The van der Waals surface area contributed by atoms with Crippen LogP contribution in [0.5, 0.6) is 5.75 Å². The molecule has 1 aliphatic heterocycles. The third-order valence-electron chi connectivity index (χ3n) is 2.82. The minimum atomic E-state index is -0.153. The number of fused-ring (bicyclic) bond motifs is 1. The summed E-state index contributed by atoms with van der Waals surface area (Å²) in [6, 6.07) is 5.47. The molecule has 1 amide bonds. The van der Waals surface area contributed by atoms with Gasteiger partial charge in [-0.15, -0.1) is 0 Å². The molecule has 1 aromatic rings. The Labute approximate surface area is 100.0 Å². The lowest BCUT2D eigenvalue weighted by atomic mass is 10.1. The SMILES string of the molecule is CN(C)C(CO)c1ccc2c(c1)NC(=O)CO2. The fourth-order valence-corrected chi connectivity index (χ4v) is 1.87. The van der Waals surface area contributed by atoms with Crippen LogP contribution < -0.4 is 10.1 Å². The standard InChI is InChI=1S/C12H16N2O3/c1-14(2)10(6-15)8-3-4-11-9(5-8)13-12(16)7-17-11/h3-5,10,15H,6-7H2,1-2H3,(H,13,16). The number of rotatable bonds is 3. The zero-order chi connectivity index (χ0) is 12.4. The molecule has 0 saturated carbocycles. The molecule has 0 fully saturated rings. The molecule has 0 aliphatic carbocycles. The van der Waals surface area contributed by atoms with Gasteiger partial charge >= 0.3 is 0 Å². The maximum absolute atomic E-state index is 11.2. The van der Waals surface area contributed by atoms with E-state index in [1.165, 1.54) is 0 Å². The van der Waals surface area contributed by atoms with Crippen LogP contribution in [0.1, 0.15) is 11.6 Å². The van der Waals surface area contributed by atoms with Crippen LogP contribution in [0, 0.1) is 0 Å². The molecule has 0 spiro atoms. The molecule has 2 N–H and O–H groups in total. The van der Waals surface area contributed by atoms with Crippen molar-refractivity contribution in [1.29, 1.82) is 0 Å². The van der Waals surface area contributed by atoms with Crippen molar-refractivity contribution in [2.45, 2.75) is 6.04 Å². The lowest BCUT2D eigenvalue weighted by Crippen LogP contribution is -2.27. The van der Waals surface area contributed by atoms with E-state index in [9.17, 15) is 9.90 Å². The Balaban J connectivity index is 2.32. The molecule has 17 heavy (non-hydrogen) atoms. The molecule has 5 heteroatoms. The molecule has 0 bridgehead atoms. The number of hydrogen-bond acceptors (Lipinski definition) is 4. The maximum atomic E-state index is 11.2. The molecule has 1 unspecified atom stereocenters. The minimum absolute atomic E-state index is 0.0284. The van der Waals surface area contributed by atoms with Gasteiger partial charge in [0.25, 0.3) is 5.91 Å². The molecule has 2 rings (SSSR count). The Bertz CT molecular complexity index is 432. The van der Waals surface area contributed by atoms with E-state index in [1.807, 2.05) is 37.2 Å². The van der Waals surface area contributed by atoms with Crippen molar-refractivity contribution in [3.8, 4) is 5.75 Å². The number of ether oxygens (including phenoxy) is 1. The van der Waals surface area contributed by atoms with Gasteiger partial charge in [-0.25, -0.2) is 0 Å². The Hall–Kier alpha value is -1.59. The van der Waals surface area contributed by atoms with E-state index in [2.05, 4.69) is 5.32 Å². The molecule has 5 nitrogen and oxygen atoms in total. The second-order valence-electron chi connectivity index (χ2n) is 4.25. The van der Waals surface area contributed by atoms with Crippen molar-refractivity contribution < 1.29 is 14.6 Å². The van der Waals surface area contributed by atoms with Crippen molar-refractivity contribution in [3.63, 3.8) is 0 Å². The van der Waals surface area contributed by atoms with Crippen LogP contribution in [-0.4, -0.2) is 43.2 Å². The van der Waals surface area contributed by atoms with Crippen LogP contribution >= 0.6 is 0 Å².